The molecule has 7 aromatic carbocycles. The van der Waals surface area contributed by atoms with Gasteiger partial charge in [0, 0.05) is 33.4 Å². The fourth-order valence-electron chi connectivity index (χ4n) is 9.31. The van der Waals surface area contributed by atoms with Gasteiger partial charge in [0.15, 0.2) is 11.2 Å². The molecule has 0 radical (unpaired) electrons. The van der Waals surface area contributed by atoms with E-state index in [2.05, 4.69) is 204 Å². The number of rotatable bonds is 6. The second-order valence-electron chi connectivity index (χ2n) is 22.4. The predicted octanol–water partition coefficient (Wildman–Crippen LogP) is 17.1. The van der Waals surface area contributed by atoms with Crippen LogP contribution in [0.15, 0.2) is 154 Å². The molecule has 0 amide bonds. The van der Waals surface area contributed by atoms with Crippen molar-refractivity contribution in [2.75, 3.05) is 0 Å². The first kappa shape index (κ1) is 44.6. The van der Waals surface area contributed by atoms with Gasteiger partial charge in [0.25, 0.3) is 0 Å². The zero-order valence-corrected chi connectivity index (χ0v) is 41.5. The lowest BCUT2D eigenvalue weighted by Crippen LogP contribution is -2.15. The molecule has 0 N–H and O–H groups in total. The van der Waals surface area contributed by atoms with Gasteiger partial charge in [-0.25, -0.2) is 19.9 Å². The molecule has 0 atom stereocenters. The van der Waals surface area contributed by atoms with Crippen molar-refractivity contribution >= 4 is 33.2 Å². The highest BCUT2D eigenvalue weighted by Crippen LogP contribution is 2.41. The molecule has 0 aliphatic rings. The van der Waals surface area contributed by atoms with E-state index < -0.39 is 0 Å². The summed E-state index contributed by atoms with van der Waals surface area (Å²) in [4.78, 5) is 20.6. The third-order valence-electron chi connectivity index (χ3n) is 13.1. The SMILES string of the molecule is CC(C)(C)c1ccc(C(C)(C)C)c2oc(-c3ccc(-c4ccc(-c5nc6ccccc6nc5-c5ccc(-c6ccc(-c7nc8c(C(C)(C)C)ccc(C(C)(C)C)c8o7)cc6)cc5)cc4)cc3)nc12. The summed E-state index contributed by atoms with van der Waals surface area (Å²) in [7, 11) is 0. The molecule has 340 valence electrons. The highest BCUT2D eigenvalue weighted by Gasteiger charge is 2.29. The van der Waals surface area contributed by atoms with Gasteiger partial charge in [0.05, 0.1) is 22.4 Å². The van der Waals surface area contributed by atoms with Gasteiger partial charge in [-0.05, 0) is 91.4 Å². The number of nitrogens with zero attached hydrogens (tertiary/aromatic N) is 4. The molecule has 68 heavy (non-hydrogen) atoms. The number of hydrogen-bond acceptors (Lipinski definition) is 6. The molecule has 10 rings (SSSR count). The lowest BCUT2D eigenvalue weighted by Gasteiger charge is -2.23. The topological polar surface area (TPSA) is 77.8 Å². The first-order chi connectivity index (χ1) is 32.2. The third kappa shape index (κ3) is 8.31. The van der Waals surface area contributed by atoms with Gasteiger partial charge in [-0.2, -0.15) is 0 Å². The Bertz CT molecular complexity index is 3160. The molecule has 0 fully saturated rings. The molecule has 0 bridgehead atoms. The molecule has 0 unspecified atom stereocenters. The average Bonchev–Trinajstić information content (AvgIpc) is 3.96. The Kier molecular flexibility index (Phi) is 10.7. The lowest BCUT2D eigenvalue weighted by molar-refractivity contribution is 0.557. The van der Waals surface area contributed by atoms with Crippen LogP contribution in [0.25, 0.3) is 101 Å². The van der Waals surface area contributed by atoms with Crippen LogP contribution in [0.1, 0.15) is 105 Å². The van der Waals surface area contributed by atoms with Crippen LogP contribution in [0.3, 0.4) is 0 Å². The van der Waals surface area contributed by atoms with Gasteiger partial charge in [-0.3, -0.25) is 0 Å². The van der Waals surface area contributed by atoms with Crippen LogP contribution in [0.2, 0.25) is 0 Å². The zero-order valence-electron chi connectivity index (χ0n) is 41.5. The van der Waals surface area contributed by atoms with E-state index >= 15 is 0 Å². The van der Waals surface area contributed by atoms with Crippen LogP contribution in [0, 0.1) is 0 Å². The van der Waals surface area contributed by atoms with E-state index in [9.17, 15) is 0 Å². The fraction of sp³-hybridized carbons (Fsp3) is 0.258. The van der Waals surface area contributed by atoms with Crippen LogP contribution in [-0.4, -0.2) is 19.9 Å². The van der Waals surface area contributed by atoms with Gasteiger partial charge in [-0.1, -0.05) is 192 Å². The summed E-state index contributed by atoms with van der Waals surface area (Å²) < 4.78 is 13.2. The standard InChI is InChI=1S/C62H60N4O2/c1-59(2,3)45-33-35-47(61(7,8)9)55-53(45)65-57(67-55)43-29-21-39(22-30-43)37-17-25-41(26-18-37)51-52(64-50-16-14-13-15-49(50)63-51)42-27-19-38(20-28-42)40-23-31-44(32-24-40)58-66-54-46(60(4,5)6)34-36-48(56(54)68-58)62(10,11)12/h13-36H,1-12H3. The summed E-state index contributed by atoms with van der Waals surface area (Å²) in [5.41, 5.74) is 19.8. The van der Waals surface area contributed by atoms with Crippen molar-refractivity contribution < 1.29 is 8.83 Å². The van der Waals surface area contributed by atoms with E-state index in [4.69, 9.17) is 28.8 Å². The molecule has 0 saturated heterocycles. The first-order valence-corrected chi connectivity index (χ1v) is 23.8. The first-order valence-electron chi connectivity index (χ1n) is 23.8. The maximum atomic E-state index is 6.59. The van der Waals surface area contributed by atoms with Crippen LogP contribution in [-0.2, 0) is 21.7 Å². The minimum absolute atomic E-state index is 0.0667. The van der Waals surface area contributed by atoms with Crippen LogP contribution < -0.4 is 0 Å². The van der Waals surface area contributed by atoms with Crippen molar-refractivity contribution in [3.05, 3.63) is 168 Å². The summed E-state index contributed by atoms with van der Waals surface area (Å²) >= 11 is 0. The van der Waals surface area contributed by atoms with E-state index in [1.165, 1.54) is 11.1 Å². The smallest absolute Gasteiger partial charge is 0.227 e. The number of hydrogen-bond donors (Lipinski definition) is 0. The van der Waals surface area contributed by atoms with Gasteiger partial charge >= 0.3 is 0 Å². The Hall–Kier alpha value is -7.18. The van der Waals surface area contributed by atoms with Crippen LogP contribution >= 0.6 is 0 Å². The molecule has 3 aromatic heterocycles. The zero-order chi connectivity index (χ0) is 47.9. The predicted molar refractivity (Wildman–Crippen MR) is 282 cm³/mol. The van der Waals surface area contributed by atoms with Gasteiger partial charge in [0.1, 0.15) is 11.0 Å². The summed E-state index contributed by atoms with van der Waals surface area (Å²) in [6.45, 7) is 26.7. The molecular weight excluding hydrogens is 833 g/mol. The number of fused-ring (bicyclic) bond motifs is 3. The maximum absolute atomic E-state index is 6.59. The maximum Gasteiger partial charge on any atom is 0.227 e. The molecule has 3 heterocycles. The molecule has 0 saturated carbocycles. The van der Waals surface area contributed by atoms with E-state index in [0.29, 0.717) is 11.8 Å². The highest BCUT2D eigenvalue weighted by molar-refractivity contribution is 5.89. The van der Waals surface area contributed by atoms with Crippen molar-refractivity contribution in [3.8, 4) is 67.7 Å². The Morgan fingerprint density at radius 1 is 0.279 bits per heavy atom. The largest absolute Gasteiger partial charge is 0.436 e. The normalized spacial score (nSPS) is 12.7. The van der Waals surface area contributed by atoms with Crippen molar-refractivity contribution in [3.63, 3.8) is 0 Å². The number of oxazole rings is 2. The Morgan fingerprint density at radius 3 is 0.838 bits per heavy atom. The minimum Gasteiger partial charge on any atom is -0.436 e. The van der Waals surface area contributed by atoms with E-state index in [0.717, 1.165) is 100 Å². The Balaban J connectivity index is 0.925. The second-order valence-corrected chi connectivity index (χ2v) is 22.4. The van der Waals surface area contributed by atoms with Crippen LogP contribution in [0.5, 0.6) is 0 Å². The van der Waals surface area contributed by atoms with Crippen LogP contribution in [0.4, 0.5) is 0 Å². The van der Waals surface area contributed by atoms with E-state index in [1.807, 2.05) is 24.3 Å². The Morgan fingerprint density at radius 2 is 0.544 bits per heavy atom. The van der Waals surface area contributed by atoms with Gasteiger partial charge in [0.2, 0.25) is 11.8 Å². The third-order valence-corrected chi connectivity index (χ3v) is 13.1. The second kappa shape index (κ2) is 16.3. The molecule has 0 aliphatic heterocycles. The quantitative estimate of drug-likeness (QED) is 0.165. The summed E-state index contributed by atoms with van der Waals surface area (Å²) in [5, 5.41) is 0. The van der Waals surface area contributed by atoms with E-state index in [1.54, 1.807) is 0 Å². The van der Waals surface area contributed by atoms with Crippen molar-refractivity contribution in [1.29, 1.82) is 0 Å². The minimum atomic E-state index is -0.0780. The highest BCUT2D eigenvalue weighted by atomic mass is 16.4. The fourth-order valence-corrected chi connectivity index (χ4v) is 9.31. The monoisotopic (exact) mass is 892 g/mol. The van der Waals surface area contributed by atoms with Crippen molar-refractivity contribution in [2.24, 2.45) is 0 Å². The molecule has 0 spiro atoms. The van der Waals surface area contributed by atoms with Gasteiger partial charge < -0.3 is 8.83 Å². The van der Waals surface area contributed by atoms with Crippen molar-refractivity contribution in [2.45, 2.75) is 105 Å². The molecule has 6 nitrogen and oxygen atoms in total. The van der Waals surface area contributed by atoms with Crippen molar-refractivity contribution in [1.82, 2.24) is 19.9 Å². The molecule has 10 aromatic rings. The number of benzene rings is 7. The molecule has 0 aliphatic carbocycles. The summed E-state index contributed by atoms with van der Waals surface area (Å²) in [6, 6.07) is 51.2. The number of para-hydroxylation sites is 2. The lowest BCUT2D eigenvalue weighted by atomic mass is 9.81. The molecule has 6 heteroatoms. The van der Waals surface area contributed by atoms with Gasteiger partial charge in [-0.15, -0.1) is 0 Å². The summed E-state index contributed by atoms with van der Waals surface area (Å²) in [5.74, 6) is 1.27. The summed E-state index contributed by atoms with van der Waals surface area (Å²) in [6.07, 6.45) is 0. The average molecular weight is 893 g/mol. The Labute approximate surface area is 400 Å². The van der Waals surface area contributed by atoms with E-state index in [-0.39, 0.29) is 21.7 Å². The molecular formula is C62H60N4O2. The number of aromatic nitrogens is 4.